The Labute approximate surface area is 139 Å². The normalized spacial score (nSPS) is 12.5. The second-order valence-electron chi connectivity index (χ2n) is 5.48. The van der Waals surface area contributed by atoms with Crippen LogP contribution in [0.2, 0.25) is 0 Å². The number of H-pyrrole nitrogens is 1. The van der Waals surface area contributed by atoms with Crippen LogP contribution in [-0.2, 0) is 11.2 Å². The zero-order chi connectivity index (χ0) is 16.8. The highest BCUT2D eigenvalue weighted by atomic mass is 16.1. The number of hydrogen-bond acceptors (Lipinski definition) is 4. The SMILES string of the molecule is NC[C@H](Cc1ccncc1)NC(=O)/C=C/c1c[nH]c2ncccc12. The number of rotatable bonds is 6. The van der Waals surface area contributed by atoms with Crippen molar-refractivity contribution in [3.63, 3.8) is 0 Å². The fourth-order valence-corrected chi connectivity index (χ4v) is 2.53. The number of carbonyl (C=O) groups excluding carboxylic acids is 1. The van der Waals surface area contributed by atoms with Crippen LogP contribution in [0.1, 0.15) is 11.1 Å². The Morgan fingerprint density at radius 1 is 1.29 bits per heavy atom. The van der Waals surface area contributed by atoms with Crippen LogP contribution in [0.4, 0.5) is 0 Å². The zero-order valence-corrected chi connectivity index (χ0v) is 13.1. The third-order valence-electron chi connectivity index (χ3n) is 3.76. The van der Waals surface area contributed by atoms with Crippen LogP contribution in [0, 0.1) is 0 Å². The number of aromatic amines is 1. The summed E-state index contributed by atoms with van der Waals surface area (Å²) in [4.78, 5) is 23.4. The van der Waals surface area contributed by atoms with Gasteiger partial charge in [0.15, 0.2) is 0 Å². The average molecular weight is 321 g/mol. The summed E-state index contributed by atoms with van der Waals surface area (Å²) in [5.74, 6) is -0.169. The molecule has 0 radical (unpaired) electrons. The molecule has 0 saturated heterocycles. The molecule has 6 nitrogen and oxygen atoms in total. The minimum Gasteiger partial charge on any atom is -0.348 e. The molecule has 3 heterocycles. The second-order valence-corrected chi connectivity index (χ2v) is 5.48. The van der Waals surface area contributed by atoms with Crippen LogP contribution in [0.5, 0.6) is 0 Å². The minimum atomic E-state index is -0.169. The van der Waals surface area contributed by atoms with E-state index < -0.39 is 0 Å². The molecule has 4 N–H and O–H groups in total. The van der Waals surface area contributed by atoms with Crippen molar-refractivity contribution in [2.75, 3.05) is 6.54 Å². The lowest BCUT2D eigenvalue weighted by atomic mass is 10.1. The smallest absolute Gasteiger partial charge is 0.244 e. The maximum atomic E-state index is 12.1. The molecule has 122 valence electrons. The van der Waals surface area contributed by atoms with Crippen molar-refractivity contribution in [3.05, 3.63) is 66.3 Å². The summed E-state index contributed by atoms with van der Waals surface area (Å²) >= 11 is 0. The fourth-order valence-electron chi connectivity index (χ4n) is 2.53. The number of carbonyl (C=O) groups is 1. The van der Waals surface area contributed by atoms with E-state index in [1.165, 1.54) is 6.08 Å². The molecule has 0 aliphatic rings. The van der Waals surface area contributed by atoms with Crippen molar-refractivity contribution < 1.29 is 4.79 Å². The number of nitrogens with zero attached hydrogens (tertiary/aromatic N) is 2. The average Bonchev–Trinajstić information content (AvgIpc) is 3.03. The summed E-state index contributed by atoms with van der Waals surface area (Å²) in [5, 5.41) is 3.91. The summed E-state index contributed by atoms with van der Waals surface area (Å²) in [7, 11) is 0. The molecule has 1 amide bonds. The lowest BCUT2D eigenvalue weighted by Gasteiger charge is -2.15. The molecule has 3 aromatic rings. The number of hydrogen-bond donors (Lipinski definition) is 3. The molecule has 0 aliphatic heterocycles. The third-order valence-corrected chi connectivity index (χ3v) is 3.76. The van der Waals surface area contributed by atoms with Crippen molar-refractivity contribution in [1.29, 1.82) is 0 Å². The van der Waals surface area contributed by atoms with Crippen molar-refractivity contribution in [1.82, 2.24) is 20.3 Å². The van der Waals surface area contributed by atoms with Gasteiger partial charge >= 0.3 is 0 Å². The summed E-state index contributed by atoms with van der Waals surface area (Å²) in [6, 6.07) is 7.55. The van der Waals surface area contributed by atoms with Gasteiger partial charge in [-0.3, -0.25) is 9.78 Å². The van der Waals surface area contributed by atoms with E-state index in [-0.39, 0.29) is 11.9 Å². The Morgan fingerprint density at radius 2 is 2.12 bits per heavy atom. The fraction of sp³-hybridized carbons (Fsp3) is 0.167. The van der Waals surface area contributed by atoms with E-state index in [0.717, 1.165) is 22.2 Å². The van der Waals surface area contributed by atoms with Gasteiger partial charge in [0.05, 0.1) is 0 Å². The first-order valence-corrected chi connectivity index (χ1v) is 7.76. The van der Waals surface area contributed by atoms with E-state index in [0.29, 0.717) is 13.0 Å². The highest BCUT2D eigenvalue weighted by Gasteiger charge is 2.10. The van der Waals surface area contributed by atoms with Gasteiger partial charge < -0.3 is 16.0 Å². The van der Waals surface area contributed by atoms with E-state index in [2.05, 4.69) is 20.3 Å². The number of aromatic nitrogens is 3. The lowest BCUT2D eigenvalue weighted by Crippen LogP contribution is -2.40. The van der Waals surface area contributed by atoms with Gasteiger partial charge in [0.25, 0.3) is 0 Å². The van der Waals surface area contributed by atoms with Gasteiger partial charge in [0, 0.05) is 54.4 Å². The third kappa shape index (κ3) is 3.85. The lowest BCUT2D eigenvalue weighted by molar-refractivity contribution is -0.117. The number of nitrogens with two attached hydrogens (primary N) is 1. The molecule has 0 saturated carbocycles. The molecule has 3 rings (SSSR count). The van der Waals surface area contributed by atoms with Crippen LogP contribution >= 0.6 is 0 Å². The largest absolute Gasteiger partial charge is 0.348 e. The highest BCUT2D eigenvalue weighted by molar-refractivity contribution is 5.95. The molecule has 3 aromatic heterocycles. The maximum absolute atomic E-state index is 12.1. The van der Waals surface area contributed by atoms with Gasteiger partial charge in [-0.1, -0.05) is 0 Å². The van der Waals surface area contributed by atoms with E-state index >= 15 is 0 Å². The molecule has 0 fully saturated rings. The predicted molar refractivity (Wildman–Crippen MR) is 94.1 cm³/mol. The van der Waals surface area contributed by atoms with Crippen LogP contribution in [0.15, 0.2) is 55.1 Å². The molecule has 24 heavy (non-hydrogen) atoms. The Bertz CT molecular complexity index is 841. The number of nitrogens with one attached hydrogen (secondary N) is 2. The standard InChI is InChI=1S/C18H19N5O/c19-11-15(10-13-5-8-20-9-6-13)23-17(24)4-3-14-12-22-18-16(14)2-1-7-21-18/h1-9,12,15H,10-11,19H2,(H,21,22)(H,23,24)/b4-3+/t15-/m0/s1. The van der Waals surface area contributed by atoms with Gasteiger partial charge in [-0.25, -0.2) is 4.98 Å². The second kappa shape index (κ2) is 7.52. The summed E-state index contributed by atoms with van der Waals surface area (Å²) in [6.07, 6.45) is 11.0. The van der Waals surface area contributed by atoms with Crippen molar-refractivity contribution in [2.24, 2.45) is 5.73 Å². The van der Waals surface area contributed by atoms with Gasteiger partial charge in [0.2, 0.25) is 5.91 Å². The van der Waals surface area contributed by atoms with Gasteiger partial charge in [-0.15, -0.1) is 0 Å². The molecule has 0 spiro atoms. The van der Waals surface area contributed by atoms with E-state index in [1.807, 2.05) is 30.5 Å². The van der Waals surface area contributed by atoms with Gasteiger partial charge in [0.1, 0.15) is 5.65 Å². The topological polar surface area (TPSA) is 96.7 Å². The maximum Gasteiger partial charge on any atom is 0.244 e. The highest BCUT2D eigenvalue weighted by Crippen LogP contribution is 2.16. The summed E-state index contributed by atoms with van der Waals surface area (Å²) < 4.78 is 0. The summed E-state index contributed by atoms with van der Waals surface area (Å²) in [6.45, 7) is 0.374. The van der Waals surface area contributed by atoms with Gasteiger partial charge in [-0.05, 0) is 42.3 Å². The Hall–Kier alpha value is -2.99. The van der Waals surface area contributed by atoms with Crippen LogP contribution < -0.4 is 11.1 Å². The van der Waals surface area contributed by atoms with Crippen molar-refractivity contribution >= 4 is 23.0 Å². The van der Waals surface area contributed by atoms with Gasteiger partial charge in [-0.2, -0.15) is 0 Å². The van der Waals surface area contributed by atoms with Crippen LogP contribution in [-0.4, -0.2) is 33.4 Å². The number of pyridine rings is 2. The first-order valence-electron chi connectivity index (χ1n) is 7.76. The van der Waals surface area contributed by atoms with Crippen molar-refractivity contribution in [3.8, 4) is 0 Å². The zero-order valence-electron chi connectivity index (χ0n) is 13.1. The van der Waals surface area contributed by atoms with Crippen LogP contribution in [0.25, 0.3) is 17.1 Å². The first kappa shape index (κ1) is 15.9. The summed E-state index contributed by atoms with van der Waals surface area (Å²) in [5.41, 5.74) is 8.58. The number of fused-ring (bicyclic) bond motifs is 1. The first-order chi connectivity index (χ1) is 11.8. The Morgan fingerprint density at radius 3 is 2.92 bits per heavy atom. The molecule has 1 atom stereocenters. The molecule has 0 unspecified atom stereocenters. The van der Waals surface area contributed by atoms with Crippen LogP contribution in [0.3, 0.4) is 0 Å². The Kier molecular flexibility index (Phi) is 4.98. The van der Waals surface area contributed by atoms with E-state index in [9.17, 15) is 4.79 Å². The van der Waals surface area contributed by atoms with E-state index in [1.54, 1.807) is 24.7 Å². The van der Waals surface area contributed by atoms with E-state index in [4.69, 9.17) is 5.73 Å². The molecule has 0 aromatic carbocycles. The molecule has 0 bridgehead atoms. The number of amides is 1. The molecular formula is C18H19N5O. The molecule has 0 aliphatic carbocycles. The molecular weight excluding hydrogens is 302 g/mol. The quantitative estimate of drug-likeness (QED) is 0.602. The Balaban J connectivity index is 1.63. The van der Waals surface area contributed by atoms with Crippen molar-refractivity contribution in [2.45, 2.75) is 12.5 Å². The molecule has 6 heteroatoms. The minimum absolute atomic E-state index is 0.116. The predicted octanol–water partition coefficient (Wildman–Crippen LogP) is 1.66. The monoisotopic (exact) mass is 321 g/mol.